The first-order chi connectivity index (χ1) is 9.72. The van der Waals surface area contributed by atoms with Crippen molar-refractivity contribution < 1.29 is 0 Å². The van der Waals surface area contributed by atoms with E-state index in [1.165, 1.54) is 25.7 Å². The van der Waals surface area contributed by atoms with Gasteiger partial charge in [-0.25, -0.2) is 4.99 Å². The van der Waals surface area contributed by atoms with Crippen LogP contribution in [0.2, 0.25) is 10.0 Å². The fraction of sp³-hybridized carbons (Fsp3) is 0.533. The van der Waals surface area contributed by atoms with Crippen molar-refractivity contribution in [3.63, 3.8) is 0 Å². The second kappa shape index (κ2) is 4.81. The number of guanidine groups is 1. The molecule has 2 aliphatic carbocycles. The van der Waals surface area contributed by atoms with Gasteiger partial charge < -0.3 is 10.6 Å². The number of benzene rings is 1. The van der Waals surface area contributed by atoms with Crippen LogP contribution in [0.25, 0.3) is 0 Å². The molecule has 0 saturated heterocycles. The molecule has 0 amide bonds. The molecular formula is C15H17Cl2N3. The molecule has 106 valence electrons. The van der Waals surface area contributed by atoms with Gasteiger partial charge in [0.2, 0.25) is 0 Å². The highest BCUT2D eigenvalue weighted by molar-refractivity contribution is 6.39. The number of hydrogen-bond donors (Lipinski definition) is 2. The Morgan fingerprint density at radius 1 is 1.05 bits per heavy atom. The van der Waals surface area contributed by atoms with Crippen molar-refractivity contribution in [1.82, 2.24) is 5.32 Å². The van der Waals surface area contributed by atoms with Crippen LogP contribution in [0.5, 0.6) is 0 Å². The van der Waals surface area contributed by atoms with Gasteiger partial charge in [0.15, 0.2) is 5.96 Å². The van der Waals surface area contributed by atoms with Crippen molar-refractivity contribution in [3.8, 4) is 0 Å². The second-order valence-corrected chi connectivity index (χ2v) is 6.85. The van der Waals surface area contributed by atoms with Gasteiger partial charge in [-0.3, -0.25) is 0 Å². The third-order valence-corrected chi connectivity index (χ3v) is 5.02. The van der Waals surface area contributed by atoms with E-state index >= 15 is 0 Å². The van der Waals surface area contributed by atoms with Crippen LogP contribution < -0.4 is 10.6 Å². The topological polar surface area (TPSA) is 36.4 Å². The zero-order valence-electron chi connectivity index (χ0n) is 11.1. The maximum atomic E-state index is 6.20. The predicted octanol–water partition coefficient (Wildman–Crippen LogP) is 3.92. The van der Waals surface area contributed by atoms with Crippen molar-refractivity contribution in [2.24, 2.45) is 16.8 Å². The van der Waals surface area contributed by atoms with E-state index in [0.29, 0.717) is 22.1 Å². The van der Waals surface area contributed by atoms with Crippen molar-refractivity contribution in [3.05, 3.63) is 28.2 Å². The molecule has 2 fully saturated rings. The molecule has 2 N–H and O–H groups in total. The minimum Gasteiger partial charge on any atom is -0.351 e. The Balaban J connectivity index is 1.55. The summed E-state index contributed by atoms with van der Waals surface area (Å²) >= 11 is 12.4. The van der Waals surface area contributed by atoms with Crippen molar-refractivity contribution in [2.75, 3.05) is 5.32 Å². The summed E-state index contributed by atoms with van der Waals surface area (Å²) in [6, 6.07) is 6.46. The van der Waals surface area contributed by atoms with Gasteiger partial charge in [-0.15, -0.1) is 0 Å². The minimum absolute atomic E-state index is 0.436. The van der Waals surface area contributed by atoms with E-state index in [1.54, 1.807) is 0 Å². The Morgan fingerprint density at radius 3 is 2.30 bits per heavy atom. The van der Waals surface area contributed by atoms with E-state index in [0.717, 1.165) is 23.5 Å². The molecule has 0 spiro atoms. The van der Waals surface area contributed by atoms with E-state index in [2.05, 4.69) is 10.6 Å². The van der Waals surface area contributed by atoms with Crippen LogP contribution >= 0.6 is 23.2 Å². The van der Waals surface area contributed by atoms with Gasteiger partial charge in [0.25, 0.3) is 0 Å². The number of aliphatic imine (C=N–C) groups is 1. The summed E-state index contributed by atoms with van der Waals surface area (Å²) in [6.45, 7) is 0. The first-order valence-corrected chi connectivity index (χ1v) is 8.03. The maximum Gasteiger partial charge on any atom is 0.196 e. The highest BCUT2D eigenvalue weighted by Crippen LogP contribution is 2.44. The van der Waals surface area contributed by atoms with Crippen LogP contribution in [0.15, 0.2) is 23.2 Å². The summed E-state index contributed by atoms with van der Waals surface area (Å²) in [4.78, 5) is 4.85. The van der Waals surface area contributed by atoms with Gasteiger partial charge in [-0.2, -0.15) is 0 Å². The normalized spacial score (nSPS) is 29.0. The molecule has 0 bridgehead atoms. The summed E-state index contributed by atoms with van der Waals surface area (Å²) in [6.07, 6.45) is 5.30. The fourth-order valence-electron chi connectivity index (χ4n) is 3.00. The predicted molar refractivity (Wildman–Crippen MR) is 83.7 cm³/mol. The van der Waals surface area contributed by atoms with Gasteiger partial charge in [0.05, 0.1) is 27.8 Å². The van der Waals surface area contributed by atoms with E-state index < -0.39 is 0 Å². The first-order valence-electron chi connectivity index (χ1n) is 7.28. The van der Waals surface area contributed by atoms with E-state index in [4.69, 9.17) is 28.2 Å². The largest absolute Gasteiger partial charge is 0.351 e. The zero-order chi connectivity index (χ0) is 13.7. The second-order valence-electron chi connectivity index (χ2n) is 6.03. The van der Waals surface area contributed by atoms with Gasteiger partial charge >= 0.3 is 0 Å². The molecule has 3 nitrogen and oxygen atoms in total. The van der Waals surface area contributed by atoms with E-state index in [1.807, 2.05) is 18.2 Å². The van der Waals surface area contributed by atoms with Gasteiger partial charge in [-0.05, 0) is 49.7 Å². The Morgan fingerprint density at radius 2 is 1.70 bits per heavy atom. The number of para-hydroxylation sites is 1. The molecular weight excluding hydrogens is 293 g/mol. The van der Waals surface area contributed by atoms with E-state index in [9.17, 15) is 0 Å². The van der Waals surface area contributed by atoms with Crippen LogP contribution in [-0.4, -0.2) is 18.0 Å². The maximum absolute atomic E-state index is 6.20. The number of hydrogen-bond acceptors (Lipinski definition) is 3. The highest BCUT2D eigenvalue weighted by atomic mass is 35.5. The molecule has 3 aliphatic rings. The number of rotatable bonds is 3. The molecule has 0 aromatic heterocycles. The smallest absolute Gasteiger partial charge is 0.196 e. The molecule has 1 aliphatic heterocycles. The minimum atomic E-state index is 0.436. The Bertz CT molecular complexity index is 544. The number of nitrogens with zero attached hydrogens (tertiary/aromatic N) is 1. The summed E-state index contributed by atoms with van der Waals surface area (Å²) in [7, 11) is 0. The average molecular weight is 310 g/mol. The fourth-order valence-corrected chi connectivity index (χ4v) is 3.49. The van der Waals surface area contributed by atoms with Crippen molar-refractivity contribution in [2.45, 2.75) is 37.8 Å². The van der Waals surface area contributed by atoms with Crippen molar-refractivity contribution in [1.29, 1.82) is 0 Å². The zero-order valence-corrected chi connectivity index (χ0v) is 12.6. The lowest BCUT2D eigenvalue weighted by atomic mass is 10.0. The van der Waals surface area contributed by atoms with Crippen LogP contribution in [0.1, 0.15) is 25.7 Å². The molecule has 0 unspecified atom stereocenters. The summed E-state index contributed by atoms with van der Waals surface area (Å²) in [5.41, 5.74) is 0.744. The number of nitrogens with one attached hydrogen (secondary N) is 2. The summed E-state index contributed by atoms with van der Waals surface area (Å²) in [5, 5.41) is 8.08. The molecule has 1 aromatic carbocycles. The molecule has 0 radical (unpaired) electrons. The molecule has 1 aromatic rings. The third-order valence-electron chi connectivity index (χ3n) is 4.39. The lowest BCUT2D eigenvalue weighted by Gasteiger charge is -2.17. The van der Waals surface area contributed by atoms with Gasteiger partial charge in [0.1, 0.15) is 0 Å². The highest BCUT2D eigenvalue weighted by Gasteiger charge is 2.46. The average Bonchev–Trinajstić information content (AvgIpc) is 3.32. The third kappa shape index (κ3) is 2.38. The quantitative estimate of drug-likeness (QED) is 0.888. The standard InChI is InChI=1S/C15H17Cl2N3/c16-10-2-1-3-11(17)14(10)20-15-18-12(8-4-5-8)13(19-15)9-6-7-9/h1-3,8-9,12-13H,4-7H2,(H2,18,19,20)/t12-,13-/m1/s1. The molecule has 2 saturated carbocycles. The van der Waals surface area contributed by atoms with E-state index in [-0.39, 0.29) is 0 Å². The summed E-state index contributed by atoms with van der Waals surface area (Å²) < 4.78 is 0. The molecule has 4 rings (SSSR count). The molecule has 1 heterocycles. The van der Waals surface area contributed by atoms with Gasteiger partial charge in [0, 0.05) is 0 Å². The lowest BCUT2D eigenvalue weighted by molar-refractivity contribution is 0.439. The molecule has 20 heavy (non-hydrogen) atoms. The number of halogens is 2. The van der Waals surface area contributed by atoms with Crippen LogP contribution in [0.3, 0.4) is 0 Å². The Hall–Kier alpha value is -0.930. The Kier molecular flexibility index (Phi) is 3.08. The van der Waals surface area contributed by atoms with Crippen LogP contribution in [-0.2, 0) is 0 Å². The van der Waals surface area contributed by atoms with Crippen molar-refractivity contribution >= 4 is 34.8 Å². The monoisotopic (exact) mass is 309 g/mol. The van der Waals surface area contributed by atoms with Gasteiger partial charge in [-0.1, -0.05) is 29.3 Å². The lowest BCUT2D eigenvalue weighted by Crippen LogP contribution is -2.39. The number of anilines is 1. The Labute approximate surface area is 128 Å². The van der Waals surface area contributed by atoms with Crippen LogP contribution in [0.4, 0.5) is 5.69 Å². The summed E-state index contributed by atoms with van der Waals surface area (Å²) in [5.74, 6) is 2.40. The molecule has 5 heteroatoms. The SMILES string of the molecule is Clc1cccc(Cl)c1NC1=N[C@H](C2CC2)[C@@H](C2CC2)N1. The molecule has 2 atom stereocenters. The first kappa shape index (κ1) is 12.8. The van der Waals surface area contributed by atoms with Crippen LogP contribution in [0, 0.1) is 11.8 Å².